The first-order valence-electron chi connectivity index (χ1n) is 6.75. The molecule has 0 aliphatic rings. The maximum absolute atomic E-state index is 11.4. The first-order valence-corrected chi connectivity index (χ1v) is 6.75. The van der Waals surface area contributed by atoms with E-state index in [2.05, 4.69) is 4.74 Å². The summed E-state index contributed by atoms with van der Waals surface area (Å²) in [7, 11) is 0. The second kappa shape index (κ2) is 10.6. The molecule has 0 unspecified atom stereocenters. The molecule has 0 aromatic heterocycles. The van der Waals surface area contributed by atoms with Crippen LogP contribution in [-0.2, 0) is 14.3 Å². The number of hydrogen-bond donors (Lipinski definition) is 9. The Bertz CT molecular complexity index is 401. The van der Waals surface area contributed by atoms with Crippen LogP contribution in [-0.4, -0.2) is 120 Å². The van der Waals surface area contributed by atoms with Crippen LogP contribution in [0.15, 0.2) is 0 Å². The quantitative estimate of drug-likeness (QED) is 0.157. The molecule has 0 radical (unpaired) electrons. The van der Waals surface area contributed by atoms with Gasteiger partial charge in [-0.3, -0.25) is 4.79 Å². The van der Waals surface area contributed by atoms with Crippen molar-refractivity contribution in [2.45, 2.75) is 42.7 Å². The normalized spacial score (nSPS) is 20.4. The van der Waals surface area contributed by atoms with E-state index < -0.39 is 74.3 Å². The molecule has 0 saturated heterocycles. The van der Waals surface area contributed by atoms with Crippen molar-refractivity contribution < 1.29 is 60.3 Å². The SMILES string of the molecule is O=C(CO)[C@@H](O)[C@H](O)[C@H](O)COC(=O)[C@H](O)[C@@H](O)[C@H](O)[C@H](O)CO. The van der Waals surface area contributed by atoms with Gasteiger partial charge in [0, 0.05) is 0 Å². The Labute approximate surface area is 135 Å². The number of ether oxygens (including phenoxy) is 1. The first-order chi connectivity index (χ1) is 11.1. The Morgan fingerprint density at radius 2 is 1.29 bits per heavy atom. The molecule has 0 aromatic rings. The van der Waals surface area contributed by atoms with Crippen molar-refractivity contribution in [2.75, 3.05) is 19.8 Å². The molecule has 0 aromatic carbocycles. The third kappa shape index (κ3) is 6.35. The van der Waals surface area contributed by atoms with Crippen LogP contribution in [0, 0.1) is 0 Å². The number of Topliss-reactive ketones (excluding diaryl/α,β-unsaturated/α-hetero) is 1. The molecular formula is C12H22O12. The second-order valence-electron chi connectivity index (χ2n) is 4.93. The van der Waals surface area contributed by atoms with Gasteiger partial charge in [-0.1, -0.05) is 0 Å². The average molecular weight is 358 g/mol. The van der Waals surface area contributed by atoms with Gasteiger partial charge in [0.05, 0.1) is 6.61 Å². The fraction of sp³-hybridized carbons (Fsp3) is 0.833. The van der Waals surface area contributed by atoms with Gasteiger partial charge in [0.2, 0.25) is 0 Å². The summed E-state index contributed by atoms with van der Waals surface area (Å²) < 4.78 is 4.34. The lowest BCUT2D eigenvalue weighted by Gasteiger charge is -2.25. The summed E-state index contributed by atoms with van der Waals surface area (Å²) in [6.45, 7) is -3.05. The van der Waals surface area contributed by atoms with Crippen LogP contribution in [0.3, 0.4) is 0 Å². The van der Waals surface area contributed by atoms with E-state index in [9.17, 15) is 40.2 Å². The predicted molar refractivity (Wildman–Crippen MR) is 72.2 cm³/mol. The van der Waals surface area contributed by atoms with Gasteiger partial charge in [-0.15, -0.1) is 0 Å². The molecule has 0 saturated carbocycles. The zero-order valence-electron chi connectivity index (χ0n) is 12.4. The van der Waals surface area contributed by atoms with E-state index in [1.54, 1.807) is 0 Å². The monoisotopic (exact) mass is 358 g/mol. The summed E-state index contributed by atoms with van der Waals surface area (Å²) in [6.07, 6.45) is -14.7. The van der Waals surface area contributed by atoms with E-state index in [1.807, 2.05) is 0 Å². The highest BCUT2D eigenvalue weighted by Crippen LogP contribution is 2.08. The van der Waals surface area contributed by atoms with Crippen molar-refractivity contribution in [1.82, 2.24) is 0 Å². The number of esters is 1. The highest BCUT2D eigenvalue weighted by molar-refractivity contribution is 5.84. The van der Waals surface area contributed by atoms with E-state index in [0.29, 0.717) is 0 Å². The van der Waals surface area contributed by atoms with E-state index >= 15 is 0 Å². The number of aliphatic hydroxyl groups excluding tert-OH is 9. The zero-order valence-corrected chi connectivity index (χ0v) is 12.4. The van der Waals surface area contributed by atoms with Gasteiger partial charge in [0.1, 0.15) is 49.8 Å². The highest BCUT2D eigenvalue weighted by atomic mass is 16.6. The van der Waals surface area contributed by atoms with E-state index in [0.717, 1.165) is 0 Å². The van der Waals surface area contributed by atoms with Crippen molar-refractivity contribution in [3.8, 4) is 0 Å². The smallest absolute Gasteiger partial charge is 0.337 e. The lowest BCUT2D eigenvalue weighted by molar-refractivity contribution is -0.176. The molecule has 7 atom stereocenters. The largest absolute Gasteiger partial charge is 0.461 e. The van der Waals surface area contributed by atoms with Crippen LogP contribution >= 0.6 is 0 Å². The van der Waals surface area contributed by atoms with Crippen molar-refractivity contribution >= 4 is 11.8 Å². The Morgan fingerprint density at radius 3 is 1.75 bits per heavy atom. The number of hydrogen-bond acceptors (Lipinski definition) is 12. The van der Waals surface area contributed by atoms with Crippen LogP contribution in [0.5, 0.6) is 0 Å². The predicted octanol–water partition coefficient (Wildman–Crippen LogP) is -6.39. The standard InChI is InChI=1S/C12H22O12/c13-1-4(15)7(18)9(20)6(17)3-24-12(23)11(22)10(21)8(19)5(16)2-14/h5-11,13-14,16-22H,1-3H2/t5-,6-,7-,8-,9-,10+,11-/m1/s1. The number of rotatable bonds is 11. The molecule has 12 heteroatoms. The fourth-order valence-electron chi connectivity index (χ4n) is 1.51. The molecule has 0 bridgehead atoms. The molecule has 0 rings (SSSR count). The summed E-state index contributed by atoms with van der Waals surface area (Å²) in [6, 6.07) is 0. The van der Waals surface area contributed by atoms with Crippen molar-refractivity contribution in [3.63, 3.8) is 0 Å². The Hall–Kier alpha value is -1.22. The minimum absolute atomic E-state index is 0.957. The fourth-order valence-corrected chi connectivity index (χ4v) is 1.51. The molecule has 142 valence electrons. The van der Waals surface area contributed by atoms with Crippen LogP contribution in [0.2, 0.25) is 0 Å². The number of aliphatic hydroxyl groups is 9. The van der Waals surface area contributed by atoms with Gasteiger partial charge < -0.3 is 50.7 Å². The molecule has 0 fully saturated rings. The first kappa shape index (κ1) is 22.8. The molecule has 0 aliphatic carbocycles. The summed E-state index contributed by atoms with van der Waals surface area (Å²) in [5.41, 5.74) is 0. The van der Waals surface area contributed by atoms with Gasteiger partial charge in [-0.25, -0.2) is 4.79 Å². The van der Waals surface area contributed by atoms with Gasteiger partial charge in [-0.2, -0.15) is 0 Å². The second-order valence-corrected chi connectivity index (χ2v) is 4.93. The zero-order chi connectivity index (χ0) is 19.0. The summed E-state index contributed by atoms with van der Waals surface area (Å²) in [5, 5.41) is 82.4. The molecule has 0 heterocycles. The maximum atomic E-state index is 11.4. The van der Waals surface area contributed by atoms with Gasteiger partial charge >= 0.3 is 5.97 Å². The molecule has 24 heavy (non-hydrogen) atoms. The average Bonchev–Trinajstić information content (AvgIpc) is 2.60. The van der Waals surface area contributed by atoms with Gasteiger partial charge in [0.15, 0.2) is 11.9 Å². The van der Waals surface area contributed by atoms with Crippen LogP contribution in [0.25, 0.3) is 0 Å². The molecule has 12 nitrogen and oxygen atoms in total. The Balaban J connectivity index is 4.53. The number of carbonyl (C=O) groups excluding carboxylic acids is 2. The maximum Gasteiger partial charge on any atom is 0.337 e. The minimum atomic E-state index is -2.35. The van der Waals surface area contributed by atoms with E-state index in [4.69, 9.17) is 15.3 Å². The number of ketones is 1. The lowest BCUT2D eigenvalue weighted by atomic mass is 10.0. The van der Waals surface area contributed by atoms with Crippen LogP contribution in [0.1, 0.15) is 0 Å². The number of carbonyl (C=O) groups is 2. The van der Waals surface area contributed by atoms with Crippen molar-refractivity contribution in [3.05, 3.63) is 0 Å². The minimum Gasteiger partial charge on any atom is -0.461 e. The van der Waals surface area contributed by atoms with Gasteiger partial charge in [-0.05, 0) is 0 Å². The molecule has 9 N–H and O–H groups in total. The molecular weight excluding hydrogens is 336 g/mol. The third-order valence-corrected chi connectivity index (χ3v) is 3.10. The molecule has 0 spiro atoms. The van der Waals surface area contributed by atoms with Crippen LogP contribution < -0.4 is 0 Å². The Kier molecular flexibility index (Phi) is 10.1. The molecule has 0 amide bonds. The van der Waals surface area contributed by atoms with E-state index in [-0.39, 0.29) is 0 Å². The van der Waals surface area contributed by atoms with E-state index in [1.165, 1.54) is 0 Å². The third-order valence-electron chi connectivity index (χ3n) is 3.10. The van der Waals surface area contributed by atoms with Crippen molar-refractivity contribution in [1.29, 1.82) is 0 Å². The topological polar surface area (TPSA) is 225 Å². The summed E-state index contributed by atoms with van der Waals surface area (Å²) >= 11 is 0. The lowest BCUT2D eigenvalue weighted by Crippen LogP contribution is -2.50. The van der Waals surface area contributed by atoms with Gasteiger partial charge in [0.25, 0.3) is 0 Å². The van der Waals surface area contributed by atoms with Crippen LogP contribution in [0.4, 0.5) is 0 Å². The highest BCUT2D eigenvalue weighted by Gasteiger charge is 2.36. The van der Waals surface area contributed by atoms with Crippen molar-refractivity contribution in [2.24, 2.45) is 0 Å². The Morgan fingerprint density at radius 1 is 0.750 bits per heavy atom. The molecule has 0 aliphatic heterocycles. The summed E-state index contributed by atoms with van der Waals surface area (Å²) in [5.74, 6) is -2.75. The summed E-state index contributed by atoms with van der Waals surface area (Å²) in [4.78, 5) is 22.4.